The highest BCUT2D eigenvalue weighted by atomic mass is 16.4. The lowest BCUT2D eigenvalue weighted by Crippen LogP contribution is -2.48. The fraction of sp³-hybridized carbons (Fsp3) is 0.333. The predicted molar refractivity (Wildman–Crippen MR) is 74.9 cm³/mol. The predicted octanol–water partition coefficient (Wildman–Crippen LogP) is 2.58. The molecule has 0 radical (unpaired) electrons. The molecule has 1 aromatic heterocycles. The molecule has 19 heavy (non-hydrogen) atoms. The second-order valence-electron chi connectivity index (χ2n) is 4.83. The van der Waals surface area contributed by atoms with Crippen LogP contribution in [0.4, 0.5) is 0 Å². The third-order valence-electron chi connectivity index (χ3n) is 3.59. The van der Waals surface area contributed by atoms with E-state index in [1.165, 1.54) is 0 Å². The number of aliphatic carboxylic acids is 1. The van der Waals surface area contributed by atoms with Crippen LogP contribution < -0.4 is 5.32 Å². The molecular weight excluding hydrogens is 240 g/mol. The second-order valence-corrected chi connectivity index (χ2v) is 4.83. The Bertz CT molecular complexity index is 592. The fourth-order valence-electron chi connectivity index (χ4n) is 1.95. The molecule has 1 heterocycles. The van der Waals surface area contributed by atoms with E-state index in [2.05, 4.69) is 10.3 Å². The van der Waals surface area contributed by atoms with Gasteiger partial charge in [0.1, 0.15) is 5.54 Å². The zero-order valence-corrected chi connectivity index (χ0v) is 11.2. The molecule has 0 amide bonds. The Balaban J connectivity index is 2.25. The second kappa shape index (κ2) is 5.36. The monoisotopic (exact) mass is 258 g/mol. The van der Waals surface area contributed by atoms with Crippen molar-refractivity contribution in [2.45, 2.75) is 32.4 Å². The van der Waals surface area contributed by atoms with E-state index in [1.54, 1.807) is 13.1 Å². The molecule has 0 unspecified atom stereocenters. The maximum Gasteiger partial charge on any atom is 0.323 e. The number of nitrogens with one attached hydrogen (secondary N) is 1. The van der Waals surface area contributed by atoms with E-state index in [-0.39, 0.29) is 0 Å². The first-order valence-corrected chi connectivity index (χ1v) is 6.38. The molecule has 0 spiro atoms. The standard InChI is InChI=1S/C15H18N2O2/c1-3-15(2,14(18)19)17-10-11-8-9-16-13-7-5-4-6-12(11)13/h4-9,17H,3,10H2,1-2H3,(H,18,19)/t15-/m0/s1. The summed E-state index contributed by atoms with van der Waals surface area (Å²) in [4.78, 5) is 15.6. The number of rotatable bonds is 5. The lowest BCUT2D eigenvalue weighted by Gasteiger charge is -2.25. The summed E-state index contributed by atoms with van der Waals surface area (Å²) >= 11 is 0. The molecule has 0 aliphatic carbocycles. The Morgan fingerprint density at radius 3 is 2.79 bits per heavy atom. The summed E-state index contributed by atoms with van der Waals surface area (Å²) in [6, 6.07) is 9.79. The Morgan fingerprint density at radius 1 is 1.37 bits per heavy atom. The molecule has 1 aromatic carbocycles. The molecule has 0 fully saturated rings. The van der Waals surface area contributed by atoms with Crippen LogP contribution in [-0.4, -0.2) is 21.6 Å². The molecule has 0 bridgehead atoms. The van der Waals surface area contributed by atoms with Crippen LogP contribution in [0.15, 0.2) is 36.5 Å². The molecule has 2 rings (SSSR count). The molecule has 100 valence electrons. The highest BCUT2D eigenvalue weighted by molar-refractivity contribution is 5.82. The number of carboxylic acid groups (broad SMARTS) is 1. The number of aromatic nitrogens is 1. The molecule has 4 nitrogen and oxygen atoms in total. The summed E-state index contributed by atoms with van der Waals surface area (Å²) < 4.78 is 0. The van der Waals surface area contributed by atoms with Gasteiger partial charge in [-0.3, -0.25) is 15.1 Å². The number of carbonyl (C=O) groups is 1. The van der Waals surface area contributed by atoms with Crippen LogP contribution in [0.3, 0.4) is 0 Å². The third kappa shape index (κ3) is 2.74. The number of nitrogens with zero attached hydrogens (tertiary/aromatic N) is 1. The van der Waals surface area contributed by atoms with Crippen LogP contribution in [-0.2, 0) is 11.3 Å². The average molecular weight is 258 g/mol. The van der Waals surface area contributed by atoms with E-state index in [0.717, 1.165) is 16.5 Å². The third-order valence-corrected chi connectivity index (χ3v) is 3.59. The maximum absolute atomic E-state index is 11.3. The van der Waals surface area contributed by atoms with Crippen LogP contribution in [0.2, 0.25) is 0 Å². The van der Waals surface area contributed by atoms with E-state index >= 15 is 0 Å². The van der Waals surface area contributed by atoms with Gasteiger partial charge in [-0.05, 0) is 31.0 Å². The Morgan fingerprint density at radius 2 is 2.11 bits per heavy atom. The Labute approximate surface area is 112 Å². The summed E-state index contributed by atoms with van der Waals surface area (Å²) in [5.41, 5.74) is 1.09. The Kier molecular flexibility index (Phi) is 3.81. The van der Waals surface area contributed by atoms with Crippen molar-refractivity contribution in [3.63, 3.8) is 0 Å². The Hall–Kier alpha value is -1.94. The number of pyridine rings is 1. The zero-order valence-electron chi connectivity index (χ0n) is 11.2. The van der Waals surface area contributed by atoms with E-state index < -0.39 is 11.5 Å². The number of benzene rings is 1. The first-order valence-electron chi connectivity index (χ1n) is 6.38. The van der Waals surface area contributed by atoms with Crippen molar-refractivity contribution < 1.29 is 9.90 Å². The van der Waals surface area contributed by atoms with Crippen molar-refractivity contribution in [3.05, 3.63) is 42.1 Å². The highest BCUT2D eigenvalue weighted by Crippen LogP contribution is 2.18. The van der Waals surface area contributed by atoms with Gasteiger partial charge in [-0.2, -0.15) is 0 Å². The van der Waals surface area contributed by atoms with Gasteiger partial charge in [-0.1, -0.05) is 25.1 Å². The summed E-state index contributed by atoms with van der Waals surface area (Å²) in [7, 11) is 0. The molecule has 2 aromatic rings. The quantitative estimate of drug-likeness (QED) is 0.865. The van der Waals surface area contributed by atoms with Crippen molar-refractivity contribution in [1.29, 1.82) is 0 Å². The fourth-order valence-corrected chi connectivity index (χ4v) is 1.95. The van der Waals surface area contributed by atoms with Crippen molar-refractivity contribution in [2.24, 2.45) is 0 Å². The van der Waals surface area contributed by atoms with Crippen molar-refractivity contribution >= 4 is 16.9 Å². The van der Waals surface area contributed by atoms with Gasteiger partial charge < -0.3 is 5.11 Å². The van der Waals surface area contributed by atoms with E-state index in [0.29, 0.717) is 13.0 Å². The summed E-state index contributed by atoms with van der Waals surface area (Å²) in [6.45, 7) is 4.09. The SMILES string of the molecule is CC[C@](C)(NCc1ccnc2ccccc12)C(=O)O. The molecule has 0 saturated heterocycles. The van der Waals surface area contributed by atoms with Gasteiger partial charge in [-0.25, -0.2) is 0 Å². The average Bonchev–Trinajstić information content (AvgIpc) is 2.44. The van der Waals surface area contributed by atoms with Crippen molar-refractivity contribution in [2.75, 3.05) is 0 Å². The first-order chi connectivity index (χ1) is 9.07. The van der Waals surface area contributed by atoms with Gasteiger partial charge in [0.2, 0.25) is 0 Å². The molecule has 0 saturated carbocycles. The van der Waals surface area contributed by atoms with Gasteiger partial charge in [-0.15, -0.1) is 0 Å². The van der Waals surface area contributed by atoms with Crippen molar-refractivity contribution in [3.8, 4) is 0 Å². The smallest absolute Gasteiger partial charge is 0.323 e. The summed E-state index contributed by atoms with van der Waals surface area (Å²) in [5, 5.41) is 13.4. The molecule has 2 N–H and O–H groups in total. The van der Waals surface area contributed by atoms with Crippen LogP contribution in [0.5, 0.6) is 0 Å². The van der Waals surface area contributed by atoms with Gasteiger partial charge in [0.05, 0.1) is 5.52 Å². The lowest BCUT2D eigenvalue weighted by atomic mass is 9.98. The molecular formula is C15H18N2O2. The van der Waals surface area contributed by atoms with Gasteiger partial charge in [0.15, 0.2) is 0 Å². The van der Waals surface area contributed by atoms with E-state index in [4.69, 9.17) is 0 Å². The van der Waals surface area contributed by atoms with Crippen LogP contribution in [0, 0.1) is 0 Å². The number of carboxylic acids is 1. The number of fused-ring (bicyclic) bond motifs is 1. The van der Waals surface area contributed by atoms with Crippen LogP contribution >= 0.6 is 0 Å². The molecule has 0 aliphatic rings. The zero-order chi connectivity index (χ0) is 13.9. The van der Waals surface area contributed by atoms with Gasteiger partial charge >= 0.3 is 5.97 Å². The minimum atomic E-state index is -0.898. The highest BCUT2D eigenvalue weighted by Gasteiger charge is 2.30. The molecule has 4 heteroatoms. The molecule has 0 aliphatic heterocycles. The van der Waals surface area contributed by atoms with Gasteiger partial charge in [0, 0.05) is 18.1 Å². The minimum absolute atomic E-state index is 0.514. The summed E-state index contributed by atoms with van der Waals surface area (Å²) in [5.74, 6) is -0.826. The van der Waals surface area contributed by atoms with Crippen LogP contribution in [0.25, 0.3) is 10.9 Å². The van der Waals surface area contributed by atoms with Crippen LogP contribution in [0.1, 0.15) is 25.8 Å². The van der Waals surface area contributed by atoms with E-state index in [1.807, 2.05) is 37.3 Å². The first kappa shape index (κ1) is 13.5. The number of hydrogen-bond donors (Lipinski definition) is 2. The summed E-state index contributed by atoms with van der Waals surface area (Å²) in [6.07, 6.45) is 2.29. The number of hydrogen-bond acceptors (Lipinski definition) is 3. The lowest BCUT2D eigenvalue weighted by molar-refractivity contribution is -0.144. The number of para-hydroxylation sites is 1. The van der Waals surface area contributed by atoms with Crippen molar-refractivity contribution in [1.82, 2.24) is 10.3 Å². The minimum Gasteiger partial charge on any atom is -0.480 e. The molecule has 1 atom stereocenters. The topological polar surface area (TPSA) is 62.2 Å². The van der Waals surface area contributed by atoms with Gasteiger partial charge in [0.25, 0.3) is 0 Å². The van der Waals surface area contributed by atoms with E-state index in [9.17, 15) is 9.90 Å². The largest absolute Gasteiger partial charge is 0.480 e. The maximum atomic E-state index is 11.3. The normalized spacial score (nSPS) is 14.2.